The Morgan fingerprint density at radius 2 is 1.81 bits per heavy atom. The van der Waals surface area contributed by atoms with Crippen molar-refractivity contribution in [2.45, 2.75) is 19.5 Å². The van der Waals surface area contributed by atoms with Crippen LogP contribution in [-0.2, 0) is 16.1 Å². The third kappa shape index (κ3) is 4.29. The second-order valence-corrected chi connectivity index (χ2v) is 8.21. The molecule has 1 amide bonds. The molecule has 0 spiro atoms. The van der Waals surface area contributed by atoms with Crippen LogP contribution in [0.2, 0.25) is 0 Å². The van der Waals surface area contributed by atoms with Gasteiger partial charge in [-0.3, -0.25) is 14.6 Å². The first-order valence-electron chi connectivity index (χ1n) is 10.2. The fourth-order valence-electron chi connectivity index (χ4n) is 3.75. The zero-order valence-corrected chi connectivity index (χ0v) is 19.0. The first kappa shape index (κ1) is 21.8. The molecule has 0 unspecified atom stereocenters. The van der Waals surface area contributed by atoms with Crippen LogP contribution in [0.15, 0.2) is 83.1 Å². The number of aliphatic hydroxyl groups is 1. The maximum absolute atomic E-state index is 13.1. The Morgan fingerprint density at radius 1 is 1.09 bits per heavy atom. The number of likely N-dealkylation sites (tertiary alicyclic amines) is 1. The van der Waals surface area contributed by atoms with Crippen LogP contribution in [0.4, 0.5) is 0 Å². The van der Waals surface area contributed by atoms with Crippen LogP contribution in [-0.4, -0.2) is 33.3 Å². The van der Waals surface area contributed by atoms with Gasteiger partial charge in [0.1, 0.15) is 11.5 Å². The van der Waals surface area contributed by atoms with Crippen LogP contribution in [0.1, 0.15) is 29.7 Å². The number of benzene rings is 2. The monoisotopic (exact) mass is 492 g/mol. The maximum Gasteiger partial charge on any atom is 0.295 e. The summed E-state index contributed by atoms with van der Waals surface area (Å²) < 4.78 is 6.32. The van der Waals surface area contributed by atoms with Gasteiger partial charge in [-0.25, -0.2) is 0 Å². The fourth-order valence-corrected chi connectivity index (χ4v) is 4.02. The summed E-state index contributed by atoms with van der Waals surface area (Å²) in [6.07, 6.45) is 3.31. The number of carbonyl (C=O) groups excluding carboxylic acids is 2. The predicted octanol–water partition coefficient (Wildman–Crippen LogP) is 4.86. The Labute approximate surface area is 194 Å². The number of hydrogen-bond donors (Lipinski definition) is 1. The molecule has 0 aliphatic carbocycles. The van der Waals surface area contributed by atoms with Crippen LogP contribution in [0.5, 0.6) is 5.75 Å². The molecule has 2 heterocycles. The quantitative estimate of drug-likeness (QED) is 0.301. The lowest BCUT2D eigenvalue weighted by Crippen LogP contribution is -2.29. The molecule has 0 radical (unpaired) electrons. The van der Waals surface area contributed by atoms with Crippen LogP contribution < -0.4 is 4.74 Å². The Bertz CT molecular complexity index is 1160. The van der Waals surface area contributed by atoms with Crippen molar-refractivity contribution in [2.24, 2.45) is 0 Å². The van der Waals surface area contributed by atoms with E-state index in [2.05, 4.69) is 20.9 Å². The highest BCUT2D eigenvalue weighted by Gasteiger charge is 2.46. The Balaban J connectivity index is 1.81. The van der Waals surface area contributed by atoms with E-state index >= 15 is 0 Å². The molecule has 4 rings (SSSR count). The molecule has 0 saturated carbocycles. The van der Waals surface area contributed by atoms with Crippen molar-refractivity contribution in [3.63, 3.8) is 0 Å². The van der Waals surface area contributed by atoms with Gasteiger partial charge in [-0.1, -0.05) is 34.1 Å². The van der Waals surface area contributed by atoms with E-state index in [1.54, 1.807) is 42.7 Å². The number of carbonyl (C=O) groups is 2. The van der Waals surface area contributed by atoms with Crippen LogP contribution in [0, 0.1) is 0 Å². The third-order valence-corrected chi connectivity index (χ3v) is 5.77. The lowest BCUT2D eigenvalue weighted by Gasteiger charge is -2.25. The molecule has 1 aromatic heterocycles. The molecule has 6 nitrogen and oxygen atoms in total. The number of amides is 1. The molecule has 1 fully saturated rings. The molecule has 1 aliphatic rings. The average molecular weight is 493 g/mol. The molecule has 32 heavy (non-hydrogen) atoms. The average Bonchev–Trinajstić information content (AvgIpc) is 3.05. The van der Waals surface area contributed by atoms with Crippen molar-refractivity contribution in [2.75, 3.05) is 6.61 Å². The van der Waals surface area contributed by atoms with Gasteiger partial charge < -0.3 is 14.7 Å². The topological polar surface area (TPSA) is 79.7 Å². The van der Waals surface area contributed by atoms with E-state index in [-0.39, 0.29) is 17.9 Å². The van der Waals surface area contributed by atoms with Gasteiger partial charge in [-0.15, -0.1) is 0 Å². The zero-order valence-electron chi connectivity index (χ0n) is 17.4. The minimum absolute atomic E-state index is 0.0605. The van der Waals surface area contributed by atoms with Gasteiger partial charge in [-0.05, 0) is 60.5 Å². The second kappa shape index (κ2) is 9.36. The fraction of sp³-hybridized carbons (Fsp3) is 0.160. The number of ether oxygens (including phenoxy) is 1. The van der Waals surface area contributed by atoms with E-state index in [4.69, 9.17) is 4.74 Å². The standard InChI is InChI=1S/C25H21BrN2O4/c1-2-32-20-11-7-18(8-12-20)23(29)21-22(17-5-9-19(26)10-6-17)28(25(31)24(21)30)15-16-4-3-13-27-14-16/h3-14,22,29H,2,15H2,1H3/b23-21+/t22-/m0/s1. The number of nitrogens with zero attached hydrogens (tertiary/aromatic N) is 2. The summed E-state index contributed by atoms with van der Waals surface area (Å²) in [5.74, 6) is -0.930. The lowest BCUT2D eigenvalue weighted by molar-refractivity contribution is -0.140. The summed E-state index contributed by atoms with van der Waals surface area (Å²) in [4.78, 5) is 31.7. The smallest absolute Gasteiger partial charge is 0.295 e. The molecule has 1 saturated heterocycles. The molecule has 7 heteroatoms. The number of hydrogen-bond acceptors (Lipinski definition) is 5. The van der Waals surface area contributed by atoms with Crippen LogP contribution in [0.25, 0.3) is 5.76 Å². The van der Waals surface area contributed by atoms with E-state index in [9.17, 15) is 14.7 Å². The molecule has 1 atom stereocenters. The Kier molecular flexibility index (Phi) is 6.37. The Morgan fingerprint density at radius 3 is 2.44 bits per heavy atom. The molecule has 3 aromatic rings. The van der Waals surface area contributed by atoms with E-state index < -0.39 is 17.7 Å². The number of pyridine rings is 1. The first-order chi connectivity index (χ1) is 15.5. The van der Waals surface area contributed by atoms with Crippen molar-refractivity contribution in [3.05, 3.63) is 99.8 Å². The number of aliphatic hydroxyl groups excluding tert-OH is 1. The summed E-state index contributed by atoms with van der Waals surface area (Å²) in [5.41, 5.74) is 2.02. The van der Waals surface area contributed by atoms with E-state index in [0.29, 0.717) is 17.9 Å². The molecule has 0 bridgehead atoms. The highest BCUT2D eigenvalue weighted by atomic mass is 79.9. The van der Waals surface area contributed by atoms with E-state index in [1.807, 2.05) is 37.3 Å². The minimum atomic E-state index is -0.727. The predicted molar refractivity (Wildman–Crippen MR) is 124 cm³/mol. The molecule has 2 aromatic carbocycles. The van der Waals surface area contributed by atoms with Gasteiger partial charge in [0.2, 0.25) is 0 Å². The van der Waals surface area contributed by atoms with Crippen molar-refractivity contribution >= 4 is 33.4 Å². The van der Waals surface area contributed by atoms with Crippen molar-refractivity contribution in [1.29, 1.82) is 0 Å². The van der Waals surface area contributed by atoms with Gasteiger partial charge >= 0.3 is 0 Å². The first-order valence-corrected chi connectivity index (χ1v) is 10.9. The number of halogens is 1. The minimum Gasteiger partial charge on any atom is -0.507 e. The molecular formula is C25H21BrN2O4. The highest BCUT2D eigenvalue weighted by Crippen LogP contribution is 2.40. The van der Waals surface area contributed by atoms with Gasteiger partial charge in [-0.2, -0.15) is 0 Å². The summed E-state index contributed by atoms with van der Waals surface area (Å²) in [6, 6.07) is 17.0. The SMILES string of the molecule is CCOc1ccc(/C(O)=C2\C(=O)C(=O)N(Cc3cccnc3)[C@H]2c2ccc(Br)cc2)cc1. The van der Waals surface area contributed by atoms with Gasteiger partial charge in [0.15, 0.2) is 0 Å². The van der Waals surface area contributed by atoms with E-state index in [1.165, 1.54) is 4.90 Å². The van der Waals surface area contributed by atoms with Gasteiger partial charge in [0, 0.05) is 29.0 Å². The summed E-state index contributed by atoms with van der Waals surface area (Å²) >= 11 is 3.42. The molecule has 1 aliphatic heterocycles. The van der Waals surface area contributed by atoms with Gasteiger partial charge in [0.25, 0.3) is 11.7 Å². The molecular weight excluding hydrogens is 472 g/mol. The number of aromatic nitrogens is 1. The third-order valence-electron chi connectivity index (χ3n) is 5.24. The summed E-state index contributed by atoms with van der Waals surface area (Å²) in [7, 11) is 0. The normalized spacial score (nSPS) is 17.6. The number of ketones is 1. The van der Waals surface area contributed by atoms with E-state index in [0.717, 1.165) is 15.6 Å². The maximum atomic E-state index is 13.1. The molecule has 162 valence electrons. The van der Waals surface area contributed by atoms with Crippen LogP contribution >= 0.6 is 15.9 Å². The zero-order chi connectivity index (χ0) is 22.7. The summed E-state index contributed by atoms with van der Waals surface area (Å²) in [5, 5.41) is 11.1. The largest absolute Gasteiger partial charge is 0.507 e. The molecule has 1 N–H and O–H groups in total. The highest BCUT2D eigenvalue weighted by molar-refractivity contribution is 9.10. The number of rotatable bonds is 6. The van der Waals surface area contributed by atoms with Crippen molar-refractivity contribution in [1.82, 2.24) is 9.88 Å². The van der Waals surface area contributed by atoms with Gasteiger partial charge in [0.05, 0.1) is 18.2 Å². The van der Waals surface area contributed by atoms with Crippen molar-refractivity contribution < 1.29 is 19.4 Å². The lowest BCUT2D eigenvalue weighted by atomic mass is 9.95. The Hall–Kier alpha value is -3.45. The van der Waals surface area contributed by atoms with Crippen molar-refractivity contribution in [3.8, 4) is 5.75 Å². The summed E-state index contributed by atoms with van der Waals surface area (Å²) in [6.45, 7) is 2.60. The number of Topliss-reactive ketones (excluding diaryl/α,β-unsaturated/α-hetero) is 1. The van der Waals surface area contributed by atoms with Crippen LogP contribution in [0.3, 0.4) is 0 Å². The second-order valence-electron chi connectivity index (χ2n) is 7.30.